The Morgan fingerprint density at radius 1 is 1.17 bits per heavy atom. The molecule has 0 N–H and O–H groups in total. The molecule has 0 saturated heterocycles. The molecule has 5 heteroatoms. The molecular formula is C13H16FN3O. The number of aryl methyl sites for hydroxylation is 1. The van der Waals surface area contributed by atoms with Crippen molar-refractivity contribution >= 4 is 0 Å². The zero-order chi connectivity index (χ0) is 12.6. The van der Waals surface area contributed by atoms with E-state index >= 15 is 0 Å². The Morgan fingerprint density at radius 2 is 1.89 bits per heavy atom. The van der Waals surface area contributed by atoms with E-state index in [1.807, 2.05) is 30.3 Å². The maximum Gasteiger partial charge on any atom is 0.125 e. The first-order valence-corrected chi connectivity index (χ1v) is 5.94. The van der Waals surface area contributed by atoms with Gasteiger partial charge in [0.2, 0.25) is 0 Å². The van der Waals surface area contributed by atoms with E-state index in [1.54, 1.807) is 12.4 Å². The van der Waals surface area contributed by atoms with Crippen molar-refractivity contribution in [2.45, 2.75) is 25.7 Å². The number of aromatic nitrogens is 3. The van der Waals surface area contributed by atoms with Crippen LogP contribution in [0.15, 0.2) is 42.7 Å². The largest absolute Gasteiger partial charge is 0.374 e. The molecule has 1 aromatic carbocycles. The van der Waals surface area contributed by atoms with Crippen LogP contribution < -0.4 is 0 Å². The molecule has 0 aliphatic carbocycles. The van der Waals surface area contributed by atoms with Gasteiger partial charge in [-0.1, -0.05) is 30.3 Å². The average molecular weight is 249 g/mol. The van der Waals surface area contributed by atoms with Crippen molar-refractivity contribution in [1.82, 2.24) is 15.0 Å². The Hall–Kier alpha value is -1.75. The molecule has 2 aromatic rings. The summed E-state index contributed by atoms with van der Waals surface area (Å²) in [6, 6.07) is 9.74. The zero-order valence-corrected chi connectivity index (χ0v) is 10.1. The highest BCUT2D eigenvalue weighted by atomic mass is 19.1. The quantitative estimate of drug-likeness (QED) is 0.755. The van der Waals surface area contributed by atoms with Crippen molar-refractivity contribution in [3.63, 3.8) is 0 Å². The highest BCUT2D eigenvalue weighted by Gasteiger charge is 2.07. The number of alkyl halides is 1. The minimum atomic E-state index is -0.986. The second-order valence-electron chi connectivity index (χ2n) is 4.01. The fraction of sp³-hybridized carbons (Fsp3) is 0.385. The smallest absolute Gasteiger partial charge is 0.125 e. The van der Waals surface area contributed by atoms with E-state index in [1.165, 1.54) is 4.80 Å². The summed E-state index contributed by atoms with van der Waals surface area (Å²) < 4.78 is 18.8. The fourth-order valence-electron chi connectivity index (χ4n) is 1.58. The lowest BCUT2D eigenvalue weighted by atomic mass is 10.2. The Labute approximate surface area is 105 Å². The number of nitrogens with zero attached hydrogens (tertiary/aromatic N) is 3. The molecule has 0 fully saturated rings. The third-order valence-corrected chi connectivity index (χ3v) is 2.52. The molecule has 0 unspecified atom stereocenters. The van der Waals surface area contributed by atoms with Crippen LogP contribution in [0.4, 0.5) is 4.39 Å². The second-order valence-corrected chi connectivity index (χ2v) is 4.01. The molecule has 4 nitrogen and oxygen atoms in total. The molecule has 0 radical (unpaired) electrons. The van der Waals surface area contributed by atoms with Gasteiger partial charge in [-0.15, -0.1) is 0 Å². The van der Waals surface area contributed by atoms with E-state index in [-0.39, 0.29) is 6.61 Å². The van der Waals surface area contributed by atoms with Crippen molar-refractivity contribution in [3.8, 4) is 0 Å². The van der Waals surface area contributed by atoms with Gasteiger partial charge in [0.1, 0.15) is 6.17 Å². The molecule has 96 valence electrons. The van der Waals surface area contributed by atoms with Gasteiger partial charge in [-0.2, -0.15) is 15.0 Å². The van der Waals surface area contributed by atoms with Gasteiger partial charge in [-0.05, 0) is 5.56 Å². The number of rotatable bonds is 7. The van der Waals surface area contributed by atoms with Crippen molar-refractivity contribution in [3.05, 3.63) is 48.3 Å². The highest BCUT2D eigenvalue weighted by molar-refractivity contribution is 5.13. The van der Waals surface area contributed by atoms with E-state index in [2.05, 4.69) is 10.2 Å². The van der Waals surface area contributed by atoms with Gasteiger partial charge in [-0.25, -0.2) is 4.39 Å². The monoisotopic (exact) mass is 249 g/mol. The molecule has 1 aromatic heterocycles. The van der Waals surface area contributed by atoms with E-state index in [0.717, 1.165) is 5.56 Å². The molecule has 0 amide bonds. The molecule has 0 aliphatic heterocycles. The van der Waals surface area contributed by atoms with Crippen LogP contribution in [0.1, 0.15) is 12.0 Å². The van der Waals surface area contributed by atoms with E-state index in [4.69, 9.17) is 4.74 Å². The van der Waals surface area contributed by atoms with Crippen LogP contribution in [0.5, 0.6) is 0 Å². The maximum absolute atomic E-state index is 13.5. The fourth-order valence-corrected chi connectivity index (χ4v) is 1.58. The summed E-state index contributed by atoms with van der Waals surface area (Å²) in [5.74, 6) is 0. The van der Waals surface area contributed by atoms with Crippen LogP contribution in [0.25, 0.3) is 0 Å². The summed E-state index contributed by atoms with van der Waals surface area (Å²) in [6.45, 7) is 1.03. The van der Waals surface area contributed by atoms with Gasteiger partial charge < -0.3 is 4.74 Å². The minimum Gasteiger partial charge on any atom is -0.374 e. The molecule has 0 aliphatic rings. The van der Waals surface area contributed by atoms with Crippen LogP contribution in [0.2, 0.25) is 0 Å². The molecule has 1 atom stereocenters. The highest BCUT2D eigenvalue weighted by Crippen LogP contribution is 2.04. The Balaban J connectivity index is 1.61. The van der Waals surface area contributed by atoms with Gasteiger partial charge in [0.05, 0.1) is 32.2 Å². The van der Waals surface area contributed by atoms with Crippen LogP contribution in [0, 0.1) is 0 Å². The van der Waals surface area contributed by atoms with Crippen LogP contribution in [-0.4, -0.2) is 27.8 Å². The average Bonchev–Trinajstić information content (AvgIpc) is 2.91. The summed E-state index contributed by atoms with van der Waals surface area (Å²) in [6.07, 6.45) is 2.54. The maximum atomic E-state index is 13.5. The molecule has 2 rings (SSSR count). The second kappa shape index (κ2) is 6.86. The van der Waals surface area contributed by atoms with Crippen molar-refractivity contribution in [2.24, 2.45) is 0 Å². The number of hydrogen-bond donors (Lipinski definition) is 0. The molecule has 1 heterocycles. The summed E-state index contributed by atoms with van der Waals surface area (Å²) in [5.41, 5.74) is 1.05. The first-order valence-electron chi connectivity index (χ1n) is 5.94. The lowest BCUT2D eigenvalue weighted by Gasteiger charge is -2.08. The van der Waals surface area contributed by atoms with Crippen LogP contribution in [0.3, 0.4) is 0 Å². The summed E-state index contributed by atoms with van der Waals surface area (Å²) in [7, 11) is 0. The van der Waals surface area contributed by atoms with Crippen molar-refractivity contribution in [2.75, 3.05) is 6.61 Å². The van der Waals surface area contributed by atoms with Gasteiger partial charge in [0.25, 0.3) is 0 Å². The lowest BCUT2D eigenvalue weighted by molar-refractivity contribution is 0.0639. The van der Waals surface area contributed by atoms with Crippen molar-refractivity contribution < 1.29 is 9.13 Å². The van der Waals surface area contributed by atoms with Gasteiger partial charge >= 0.3 is 0 Å². The standard InChI is InChI=1S/C13H16FN3O/c14-13(6-9-17-15-7-8-16-17)11-18-10-12-4-2-1-3-5-12/h1-5,7-8,13H,6,9-11H2/t13-/m0/s1. The van der Waals surface area contributed by atoms with Gasteiger partial charge in [0.15, 0.2) is 0 Å². The number of ether oxygens (including phenoxy) is 1. The summed E-state index contributed by atoms with van der Waals surface area (Å²) in [4.78, 5) is 1.48. The number of benzene rings is 1. The predicted octanol–water partition coefficient (Wildman–Crippen LogP) is 2.22. The van der Waals surface area contributed by atoms with E-state index < -0.39 is 6.17 Å². The third-order valence-electron chi connectivity index (χ3n) is 2.52. The SMILES string of the molecule is F[C@@H](CCn1nccn1)COCc1ccccc1. The number of hydrogen-bond acceptors (Lipinski definition) is 3. The predicted molar refractivity (Wildman–Crippen MR) is 65.6 cm³/mol. The zero-order valence-electron chi connectivity index (χ0n) is 10.1. The molecule has 0 bridgehead atoms. The first-order chi connectivity index (χ1) is 8.84. The molecular weight excluding hydrogens is 233 g/mol. The molecule has 0 saturated carbocycles. The van der Waals surface area contributed by atoms with Gasteiger partial charge in [-0.3, -0.25) is 0 Å². The lowest BCUT2D eigenvalue weighted by Crippen LogP contribution is -2.14. The Morgan fingerprint density at radius 3 is 2.61 bits per heavy atom. The number of halogens is 1. The molecule has 0 spiro atoms. The van der Waals surface area contributed by atoms with Gasteiger partial charge in [0, 0.05) is 6.42 Å². The Bertz CT molecular complexity index is 433. The normalized spacial score (nSPS) is 12.5. The Kier molecular flexibility index (Phi) is 4.84. The van der Waals surface area contributed by atoms with E-state index in [9.17, 15) is 4.39 Å². The van der Waals surface area contributed by atoms with Crippen LogP contribution in [-0.2, 0) is 17.9 Å². The summed E-state index contributed by atoms with van der Waals surface area (Å²) in [5, 5.41) is 7.83. The van der Waals surface area contributed by atoms with Crippen LogP contribution >= 0.6 is 0 Å². The summed E-state index contributed by atoms with van der Waals surface area (Å²) >= 11 is 0. The molecule has 18 heavy (non-hydrogen) atoms. The van der Waals surface area contributed by atoms with E-state index in [0.29, 0.717) is 19.6 Å². The topological polar surface area (TPSA) is 39.9 Å². The minimum absolute atomic E-state index is 0.107. The first kappa shape index (κ1) is 12.7. The third kappa shape index (κ3) is 4.25. The van der Waals surface area contributed by atoms with Crippen molar-refractivity contribution in [1.29, 1.82) is 0 Å².